The first-order valence-electron chi connectivity index (χ1n) is 9.95. The number of rotatable bonds is 4. The first-order chi connectivity index (χ1) is 14.9. The zero-order valence-corrected chi connectivity index (χ0v) is 17.7. The van der Waals surface area contributed by atoms with Crippen LogP contribution in [0.5, 0.6) is 0 Å². The maximum Gasteiger partial charge on any atom is 0.317 e. The molecule has 3 amide bonds. The van der Waals surface area contributed by atoms with E-state index in [-0.39, 0.29) is 23.8 Å². The number of urea groups is 1. The van der Waals surface area contributed by atoms with Crippen molar-refractivity contribution in [2.45, 2.75) is 25.4 Å². The number of aromatic nitrogens is 3. The molecule has 1 unspecified atom stereocenters. The number of piperidine rings is 1. The van der Waals surface area contributed by atoms with Gasteiger partial charge in [-0.05, 0) is 37.1 Å². The lowest BCUT2D eigenvalue weighted by Gasteiger charge is -2.37. The van der Waals surface area contributed by atoms with Gasteiger partial charge in [-0.15, -0.1) is 0 Å². The van der Waals surface area contributed by atoms with Gasteiger partial charge in [-0.25, -0.2) is 19.2 Å². The van der Waals surface area contributed by atoms with Crippen molar-refractivity contribution in [1.82, 2.24) is 30.1 Å². The van der Waals surface area contributed by atoms with E-state index in [9.17, 15) is 14.0 Å². The van der Waals surface area contributed by atoms with Gasteiger partial charge < -0.3 is 20.1 Å². The SMILES string of the molecule is CN(C(=O)NCc1cc2cc(Cl)ccc2[nH]1)C1CCCN(C(=O)c2ncc(F)cn2)C1. The molecule has 1 aliphatic rings. The molecular formula is C21H22ClFN6O2. The molecule has 4 rings (SSSR count). The number of hydrogen-bond donors (Lipinski definition) is 2. The van der Waals surface area contributed by atoms with Gasteiger partial charge in [0.1, 0.15) is 0 Å². The van der Waals surface area contributed by atoms with E-state index in [0.29, 0.717) is 24.7 Å². The molecule has 31 heavy (non-hydrogen) atoms. The molecule has 162 valence electrons. The van der Waals surface area contributed by atoms with Crippen molar-refractivity contribution < 1.29 is 14.0 Å². The number of benzene rings is 1. The highest BCUT2D eigenvalue weighted by molar-refractivity contribution is 6.31. The minimum absolute atomic E-state index is 0.0481. The molecule has 0 radical (unpaired) electrons. The predicted octanol–water partition coefficient (Wildman–Crippen LogP) is 3.20. The normalized spacial score (nSPS) is 16.4. The standard InChI is InChI=1S/C21H22ClFN6O2/c1-28(21(31)26-11-16-8-13-7-14(22)4-5-18(13)27-16)17-3-2-6-29(12-17)20(30)19-24-9-15(23)10-25-19/h4-5,7-10,17,27H,2-3,6,11-12H2,1H3,(H,26,31). The molecule has 8 nitrogen and oxygen atoms in total. The number of amides is 3. The van der Waals surface area contributed by atoms with Crippen LogP contribution in [-0.2, 0) is 6.54 Å². The van der Waals surface area contributed by atoms with Crippen LogP contribution >= 0.6 is 11.6 Å². The Morgan fingerprint density at radius 3 is 2.87 bits per heavy atom. The number of halogens is 2. The van der Waals surface area contributed by atoms with Crippen LogP contribution < -0.4 is 5.32 Å². The summed E-state index contributed by atoms with van der Waals surface area (Å²) in [4.78, 5) is 39.3. The van der Waals surface area contributed by atoms with Gasteiger partial charge in [-0.3, -0.25) is 4.79 Å². The summed E-state index contributed by atoms with van der Waals surface area (Å²) in [5, 5.41) is 4.54. The number of hydrogen-bond acceptors (Lipinski definition) is 4. The summed E-state index contributed by atoms with van der Waals surface area (Å²) in [5.74, 6) is -1.01. The van der Waals surface area contributed by atoms with Gasteiger partial charge >= 0.3 is 6.03 Å². The first kappa shape index (κ1) is 21.0. The molecular weight excluding hydrogens is 423 g/mol. The van der Waals surface area contributed by atoms with Crippen molar-refractivity contribution in [1.29, 1.82) is 0 Å². The lowest BCUT2D eigenvalue weighted by molar-refractivity contribution is 0.0624. The second kappa shape index (κ2) is 8.89. The smallest absolute Gasteiger partial charge is 0.317 e. The Bertz CT molecular complexity index is 1100. The van der Waals surface area contributed by atoms with Gasteiger partial charge in [-0.1, -0.05) is 11.6 Å². The summed E-state index contributed by atoms with van der Waals surface area (Å²) in [6.45, 7) is 1.26. The number of fused-ring (bicyclic) bond motifs is 1. The predicted molar refractivity (Wildman–Crippen MR) is 114 cm³/mol. The van der Waals surface area contributed by atoms with Crippen LogP contribution in [0.2, 0.25) is 5.02 Å². The number of likely N-dealkylation sites (N-methyl/N-ethyl adjacent to an activating group) is 1. The molecule has 1 atom stereocenters. The van der Waals surface area contributed by atoms with Crippen LogP contribution in [0.1, 0.15) is 29.2 Å². The second-order valence-electron chi connectivity index (χ2n) is 7.57. The zero-order chi connectivity index (χ0) is 22.0. The summed E-state index contributed by atoms with van der Waals surface area (Å²) < 4.78 is 13.0. The fraction of sp³-hybridized carbons (Fsp3) is 0.333. The molecule has 1 fully saturated rings. The van der Waals surface area contributed by atoms with Crippen LogP contribution in [0.4, 0.5) is 9.18 Å². The Kier molecular flexibility index (Phi) is 6.03. The molecule has 0 saturated carbocycles. The Balaban J connectivity index is 1.35. The number of aromatic amines is 1. The Hall–Kier alpha value is -3.20. The lowest BCUT2D eigenvalue weighted by Crippen LogP contribution is -2.52. The lowest BCUT2D eigenvalue weighted by atomic mass is 10.0. The van der Waals surface area contributed by atoms with Crippen LogP contribution in [0, 0.1) is 5.82 Å². The number of nitrogens with zero attached hydrogens (tertiary/aromatic N) is 4. The third-order valence-corrected chi connectivity index (χ3v) is 5.67. The molecule has 3 heterocycles. The molecule has 0 bridgehead atoms. The fourth-order valence-electron chi connectivity index (χ4n) is 3.74. The molecule has 3 aromatic rings. The highest BCUT2D eigenvalue weighted by atomic mass is 35.5. The van der Waals surface area contributed by atoms with Crippen LogP contribution in [0.15, 0.2) is 36.7 Å². The molecule has 10 heteroatoms. The third-order valence-electron chi connectivity index (χ3n) is 5.43. The van der Waals surface area contributed by atoms with E-state index in [0.717, 1.165) is 41.8 Å². The average molecular weight is 445 g/mol. The van der Waals surface area contributed by atoms with Crippen molar-refractivity contribution in [2.24, 2.45) is 0 Å². The van der Waals surface area contributed by atoms with Crippen molar-refractivity contribution in [3.05, 3.63) is 59.0 Å². The number of H-pyrrole nitrogens is 1. The quantitative estimate of drug-likeness (QED) is 0.646. The van der Waals surface area contributed by atoms with Gasteiger partial charge in [0.25, 0.3) is 5.91 Å². The van der Waals surface area contributed by atoms with Crippen LogP contribution in [-0.4, -0.2) is 62.9 Å². The maximum absolute atomic E-state index is 13.0. The van der Waals surface area contributed by atoms with E-state index in [1.807, 2.05) is 24.3 Å². The van der Waals surface area contributed by atoms with Crippen molar-refractivity contribution in [3.63, 3.8) is 0 Å². The summed E-state index contributed by atoms with van der Waals surface area (Å²) >= 11 is 6.02. The summed E-state index contributed by atoms with van der Waals surface area (Å²) in [5.41, 5.74) is 1.82. The Morgan fingerprint density at radius 1 is 1.32 bits per heavy atom. The molecule has 1 aliphatic heterocycles. The molecule has 0 aliphatic carbocycles. The summed E-state index contributed by atoms with van der Waals surface area (Å²) in [7, 11) is 1.72. The molecule has 2 N–H and O–H groups in total. The van der Waals surface area contributed by atoms with E-state index in [1.54, 1.807) is 16.8 Å². The van der Waals surface area contributed by atoms with Crippen molar-refractivity contribution in [3.8, 4) is 0 Å². The minimum atomic E-state index is -0.595. The van der Waals surface area contributed by atoms with E-state index >= 15 is 0 Å². The molecule has 1 aromatic carbocycles. The highest BCUT2D eigenvalue weighted by Crippen LogP contribution is 2.20. The zero-order valence-electron chi connectivity index (χ0n) is 16.9. The van der Waals surface area contributed by atoms with Gasteiger partial charge in [0.05, 0.1) is 25.0 Å². The molecule has 0 spiro atoms. The number of likely N-dealkylation sites (tertiary alicyclic amines) is 1. The number of nitrogens with one attached hydrogen (secondary N) is 2. The highest BCUT2D eigenvalue weighted by Gasteiger charge is 2.30. The van der Waals surface area contributed by atoms with Crippen molar-refractivity contribution in [2.75, 3.05) is 20.1 Å². The summed E-state index contributed by atoms with van der Waals surface area (Å²) in [6, 6.07) is 7.15. The maximum atomic E-state index is 13.0. The molecule has 1 saturated heterocycles. The van der Waals surface area contributed by atoms with Gasteiger partial charge in [0.15, 0.2) is 5.82 Å². The van der Waals surface area contributed by atoms with Gasteiger partial charge in [0, 0.05) is 41.8 Å². The topological polar surface area (TPSA) is 94.2 Å². The minimum Gasteiger partial charge on any atom is -0.357 e. The Morgan fingerprint density at radius 2 is 2.10 bits per heavy atom. The monoisotopic (exact) mass is 444 g/mol. The largest absolute Gasteiger partial charge is 0.357 e. The average Bonchev–Trinajstić information content (AvgIpc) is 3.19. The number of carbonyl (C=O) groups is 2. The van der Waals surface area contributed by atoms with Gasteiger partial charge in [0.2, 0.25) is 5.82 Å². The van der Waals surface area contributed by atoms with E-state index < -0.39 is 5.82 Å². The van der Waals surface area contributed by atoms with Crippen LogP contribution in [0.3, 0.4) is 0 Å². The van der Waals surface area contributed by atoms with E-state index in [2.05, 4.69) is 20.3 Å². The first-order valence-corrected chi connectivity index (χ1v) is 10.3. The van der Waals surface area contributed by atoms with E-state index in [4.69, 9.17) is 11.6 Å². The molecule has 2 aromatic heterocycles. The van der Waals surface area contributed by atoms with Crippen LogP contribution in [0.25, 0.3) is 10.9 Å². The van der Waals surface area contributed by atoms with Gasteiger partial charge in [-0.2, -0.15) is 0 Å². The third kappa shape index (κ3) is 4.77. The van der Waals surface area contributed by atoms with E-state index in [1.165, 1.54) is 0 Å². The Labute approximate surface area is 183 Å². The summed E-state index contributed by atoms with van der Waals surface area (Å²) in [6.07, 6.45) is 3.47. The fourth-order valence-corrected chi connectivity index (χ4v) is 3.92. The number of carbonyl (C=O) groups excluding carboxylic acids is 2. The van der Waals surface area contributed by atoms with Crippen molar-refractivity contribution >= 4 is 34.4 Å². The second-order valence-corrected chi connectivity index (χ2v) is 8.00.